The second-order valence-corrected chi connectivity index (χ2v) is 9.16. The first-order valence-corrected chi connectivity index (χ1v) is 11.6. The molecule has 3 aromatic carbocycles. The molecule has 0 aromatic heterocycles. The van der Waals surface area contributed by atoms with E-state index in [1.165, 1.54) is 25.5 Å². The standard InChI is InChI=1S/C24H26N4O4S/c1-27(2)20-11-9-19(10-12-20)17-25-26-24(29)18-28(21-7-5-4-6-8-21)33(30,31)23-15-13-22(32-3)14-16-23/h4-17H,18H2,1-3H3,(H,26,29)/b25-17-. The van der Waals surface area contributed by atoms with Crippen LogP contribution in [0.25, 0.3) is 0 Å². The lowest BCUT2D eigenvalue weighted by atomic mass is 10.2. The fourth-order valence-corrected chi connectivity index (χ4v) is 4.41. The zero-order valence-electron chi connectivity index (χ0n) is 18.7. The predicted octanol–water partition coefficient (Wildman–Crippen LogP) is 3.11. The molecule has 0 fully saturated rings. The van der Waals surface area contributed by atoms with E-state index in [1.54, 1.807) is 42.5 Å². The highest BCUT2D eigenvalue weighted by atomic mass is 32.2. The number of carbonyl (C=O) groups is 1. The van der Waals surface area contributed by atoms with Crippen LogP contribution in [-0.2, 0) is 14.8 Å². The second-order valence-electron chi connectivity index (χ2n) is 7.30. The molecular weight excluding hydrogens is 440 g/mol. The van der Waals surface area contributed by atoms with Gasteiger partial charge in [0.2, 0.25) is 0 Å². The Morgan fingerprint density at radius 2 is 1.58 bits per heavy atom. The number of carbonyl (C=O) groups excluding carboxylic acids is 1. The van der Waals surface area contributed by atoms with Crippen molar-refractivity contribution in [1.29, 1.82) is 0 Å². The molecule has 1 N–H and O–H groups in total. The van der Waals surface area contributed by atoms with E-state index in [4.69, 9.17) is 4.74 Å². The van der Waals surface area contributed by atoms with Gasteiger partial charge in [0.05, 0.1) is 23.9 Å². The summed E-state index contributed by atoms with van der Waals surface area (Å²) in [4.78, 5) is 14.6. The lowest BCUT2D eigenvalue weighted by Gasteiger charge is -2.23. The summed E-state index contributed by atoms with van der Waals surface area (Å²) in [6.07, 6.45) is 1.50. The molecule has 0 aliphatic heterocycles. The number of nitrogens with zero attached hydrogens (tertiary/aromatic N) is 3. The van der Waals surface area contributed by atoms with Crippen LogP contribution < -0.4 is 19.4 Å². The van der Waals surface area contributed by atoms with Crippen LogP contribution in [0.2, 0.25) is 0 Å². The van der Waals surface area contributed by atoms with Crippen LogP contribution in [0.5, 0.6) is 5.75 Å². The average Bonchev–Trinajstić information content (AvgIpc) is 2.83. The molecule has 33 heavy (non-hydrogen) atoms. The van der Waals surface area contributed by atoms with Crippen molar-refractivity contribution >= 4 is 33.5 Å². The number of anilines is 2. The van der Waals surface area contributed by atoms with Crippen molar-refractivity contribution in [2.75, 3.05) is 37.0 Å². The van der Waals surface area contributed by atoms with E-state index in [0.29, 0.717) is 11.4 Å². The maximum Gasteiger partial charge on any atom is 0.264 e. The monoisotopic (exact) mass is 466 g/mol. The Labute approximate surface area is 194 Å². The number of benzene rings is 3. The Kier molecular flexibility index (Phi) is 7.68. The Morgan fingerprint density at radius 1 is 0.939 bits per heavy atom. The van der Waals surface area contributed by atoms with Crippen molar-refractivity contribution in [1.82, 2.24) is 5.43 Å². The minimum atomic E-state index is -4.00. The van der Waals surface area contributed by atoms with E-state index < -0.39 is 22.5 Å². The molecule has 0 atom stereocenters. The minimum absolute atomic E-state index is 0.0458. The molecule has 0 saturated heterocycles. The SMILES string of the molecule is COc1ccc(S(=O)(=O)N(CC(=O)N/N=C\c2ccc(N(C)C)cc2)c2ccccc2)cc1. The zero-order valence-corrected chi connectivity index (χ0v) is 19.5. The molecular formula is C24H26N4O4S. The summed E-state index contributed by atoms with van der Waals surface area (Å²) in [6, 6.07) is 22.0. The van der Waals surface area contributed by atoms with E-state index in [1.807, 2.05) is 43.3 Å². The van der Waals surface area contributed by atoms with Crippen LogP contribution in [0.1, 0.15) is 5.56 Å². The highest BCUT2D eigenvalue weighted by molar-refractivity contribution is 7.92. The van der Waals surface area contributed by atoms with Crippen molar-refractivity contribution in [3.63, 3.8) is 0 Å². The largest absolute Gasteiger partial charge is 0.497 e. The normalized spacial score (nSPS) is 11.2. The van der Waals surface area contributed by atoms with Crippen LogP contribution >= 0.6 is 0 Å². The first kappa shape index (κ1) is 23.8. The number of sulfonamides is 1. The zero-order chi connectivity index (χ0) is 23.8. The van der Waals surface area contributed by atoms with Gasteiger partial charge in [-0.25, -0.2) is 13.8 Å². The van der Waals surface area contributed by atoms with Gasteiger partial charge in [0.15, 0.2) is 0 Å². The van der Waals surface area contributed by atoms with Crippen molar-refractivity contribution in [3.8, 4) is 5.75 Å². The lowest BCUT2D eigenvalue weighted by Crippen LogP contribution is -2.39. The van der Waals surface area contributed by atoms with Crippen molar-refractivity contribution in [2.45, 2.75) is 4.90 Å². The molecule has 3 aromatic rings. The Balaban J connectivity index is 1.77. The number of para-hydroxylation sites is 1. The smallest absolute Gasteiger partial charge is 0.264 e. The molecule has 0 spiro atoms. The van der Waals surface area contributed by atoms with Gasteiger partial charge in [-0.15, -0.1) is 0 Å². The molecule has 3 rings (SSSR count). The molecule has 9 heteroatoms. The summed E-state index contributed by atoms with van der Waals surface area (Å²) >= 11 is 0. The Bertz CT molecular complexity index is 1190. The van der Waals surface area contributed by atoms with Gasteiger partial charge < -0.3 is 9.64 Å². The molecule has 1 amide bonds. The molecule has 172 valence electrons. The van der Waals surface area contributed by atoms with Crippen LogP contribution in [0, 0.1) is 0 Å². The highest BCUT2D eigenvalue weighted by Gasteiger charge is 2.27. The van der Waals surface area contributed by atoms with Crippen LogP contribution in [0.4, 0.5) is 11.4 Å². The topological polar surface area (TPSA) is 91.3 Å². The van der Waals surface area contributed by atoms with Crippen LogP contribution in [-0.4, -0.2) is 48.3 Å². The molecule has 0 saturated carbocycles. The lowest BCUT2D eigenvalue weighted by molar-refractivity contribution is -0.119. The van der Waals surface area contributed by atoms with E-state index >= 15 is 0 Å². The minimum Gasteiger partial charge on any atom is -0.497 e. The summed E-state index contributed by atoms with van der Waals surface area (Å²) in [7, 11) is 1.39. The molecule has 0 radical (unpaired) electrons. The number of ether oxygens (including phenoxy) is 1. The van der Waals surface area contributed by atoms with Gasteiger partial charge in [-0.05, 0) is 54.1 Å². The van der Waals surface area contributed by atoms with Crippen LogP contribution in [0.3, 0.4) is 0 Å². The van der Waals surface area contributed by atoms with Crippen molar-refractivity contribution in [2.24, 2.45) is 5.10 Å². The third-order valence-electron chi connectivity index (χ3n) is 4.79. The summed E-state index contributed by atoms with van der Waals surface area (Å²) in [5.74, 6) is -0.0389. The molecule has 0 heterocycles. The molecule has 0 unspecified atom stereocenters. The predicted molar refractivity (Wildman–Crippen MR) is 130 cm³/mol. The van der Waals surface area contributed by atoms with E-state index in [0.717, 1.165) is 15.6 Å². The third-order valence-corrected chi connectivity index (χ3v) is 6.58. The maximum absolute atomic E-state index is 13.3. The fourth-order valence-electron chi connectivity index (χ4n) is 2.99. The first-order valence-electron chi connectivity index (χ1n) is 10.1. The van der Waals surface area contributed by atoms with Crippen molar-refractivity contribution < 1.29 is 17.9 Å². The van der Waals surface area contributed by atoms with E-state index in [9.17, 15) is 13.2 Å². The van der Waals surface area contributed by atoms with Crippen molar-refractivity contribution in [3.05, 3.63) is 84.4 Å². The van der Waals surface area contributed by atoms with Gasteiger partial charge in [0, 0.05) is 19.8 Å². The molecule has 0 bridgehead atoms. The molecule has 8 nitrogen and oxygen atoms in total. The summed E-state index contributed by atoms with van der Waals surface area (Å²) in [5.41, 5.74) is 4.61. The second kappa shape index (κ2) is 10.6. The van der Waals surface area contributed by atoms with E-state index in [2.05, 4.69) is 10.5 Å². The number of nitrogens with one attached hydrogen (secondary N) is 1. The highest BCUT2D eigenvalue weighted by Crippen LogP contribution is 2.24. The number of hydrogen-bond donors (Lipinski definition) is 1. The summed E-state index contributed by atoms with van der Waals surface area (Å²) in [5, 5.41) is 3.96. The number of methoxy groups -OCH3 is 1. The fraction of sp³-hybridized carbons (Fsp3) is 0.167. The van der Waals surface area contributed by atoms with Crippen LogP contribution in [0.15, 0.2) is 88.9 Å². The molecule has 0 aliphatic rings. The van der Waals surface area contributed by atoms with Gasteiger partial charge in [-0.2, -0.15) is 5.10 Å². The first-order chi connectivity index (χ1) is 15.8. The average molecular weight is 467 g/mol. The van der Waals surface area contributed by atoms with Gasteiger partial charge in [0.25, 0.3) is 15.9 Å². The Morgan fingerprint density at radius 3 is 2.15 bits per heavy atom. The van der Waals surface area contributed by atoms with E-state index in [-0.39, 0.29) is 4.90 Å². The number of rotatable bonds is 9. The molecule has 0 aliphatic carbocycles. The third kappa shape index (κ3) is 6.11. The van der Waals surface area contributed by atoms with Gasteiger partial charge >= 0.3 is 0 Å². The number of hydrogen-bond acceptors (Lipinski definition) is 6. The summed E-state index contributed by atoms with van der Waals surface area (Å²) < 4.78 is 32.8. The summed E-state index contributed by atoms with van der Waals surface area (Å²) in [6.45, 7) is -0.435. The quantitative estimate of drug-likeness (QED) is 0.387. The Hall–Kier alpha value is -3.85. The van der Waals surface area contributed by atoms with Gasteiger partial charge in [-0.1, -0.05) is 30.3 Å². The maximum atomic E-state index is 13.3. The van der Waals surface area contributed by atoms with Gasteiger partial charge in [-0.3, -0.25) is 9.10 Å². The number of hydrazone groups is 1. The van der Waals surface area contributed by atoms with Gasteiger partial charge in [0.1, 0.15) is 12.3 Å². The number of amides is 1.